The van der Waals surface area contributed by atoms with Crippen LogP contribution in [0.2, 0.25) is 0 Å². The van der Waals surface area contributed by atoms with E-state index in [1.54, 1.807) is 24.3 Å². The fraction of sp³-hybridized carbons (Fsp3) is 0.462. The maximum Gasteiger partial charge on any atom is 0.373 e. The number of benzene rings is 1. The molecule has 0 unspecified atom stereocenters. The Morgan fingerprint density at radius 3 is 2.72 bits per heavy atom. The highest BCUT2D eigenvalue weighted by atomic mass is 17.2. The summed E-state index contributed by atoms with van der Waals surface area (Å²) in [5.41, 5.74) is 0.386. The molecule has 18 heavy (non-hydrogen) atoms. The topological polar surface area (TPSA) is 54.0 Å². The van der Waals surface area contributed by atoms with Crippen LogP contribution in [0.5, 0.6) is 5.75 Å². The zero-order chi connectivity index (χ0) is 13.2. The Kier molecular flexibility index (Phi) is 6.83. The summed E-state index contributed by atoms with van der Waals surface area (Å²) in [7, 11) is 0. The Morgan fingerprint density at radius 1 is 1.17 bits per heavy atom. The molecular weight excluding hydrogens is 236 g/mol. The molecule has 0 aromatic heterocycles. The summed E-state index contributed by atoms with van der Waals surface area (Å²) >= 11 is 0. The average molecular weight is 254 g/mol. The molecule has 0 aliphatic carbocycles. The SMILES string of the molecule is CCOCCOOC(=O)c1cccc(OCC)c1. The molecule has 5 nitrogen and oxygen atoms in total. The molecule has 0 saturated carbocycles. The van der Waals surface area contributed by atoms with Gasteiger partial charge in [0.15, 0.2) is 0 Å². The van der Waals surface area contributed by atoms with Crippen molar-refractivity contribution < 1.29 is 24.0 Å². The van der Waals surface area contributed by atoms with E-state index in [1.807, 2.05) is 13.8 Å². The minimum absolute atomic E-state index is 0.213. The van der Waals surface area contributed by atoms with E-state index in [4.69, 9.17) is 14.4 Å². The summed E-state index contributed by atoms with van der Waals surface area (Å²) in [6.45, 7) is 5.51. The van der Waals surface area contributed by atoms with Crippen LogP contribution in [0.4, 0.5) is 0 Å². The van der Waals surface area contributed by atoms with E-state index >= 15 is 0 Å². The number of hydrogen-bond acceptors (Lipinski definition) is 5. The van der Waals surface area contributed by atoms with Gasteiger partial charge in [-0.15, -0.1) is 0 Å². The summed E-state index contributed by atoms with van der Waals surface area (Å²) in [6.07, 6.45) is 0. The Hall–Kier alpha value is -1.59. The standard InChI is InChI=1S/C13H18O5/c1-3-15-8-9-17-18-13(14)11-6-5-7-12(10-11)16-4-2/h5-7,10H,3-4,8-9H2,1-2H3. The lowest BCUT2D eigenvalue weighted by Crippen LogP contribution is -2.10. The number of rotatable bonds is 8. The Balaban J connectivity index is 2.38. The van der Waals surface area contributed by atoms with Crippen LogP contribution >= 0.6 is 0 Å². The summed E-state index contributed by atoms with van der Waals surface area (Å²) in [5, 5.41) is 0. The maximum atomic E-state index is 11.6. The van der Waals surface area contributed by atoms with Crippen molar-refractivity contribution in [2.45, 2.75) is 13.8 Å². The molecule has 1 aromatic carbocycles. The van der Waals surface area contributed by atoms with E-state index in [0.29, 0.717) is 31.1 Å². The monoisotopic (exact) mass is 254 g/mol. The van der Waals surface area contributed by atoms with Gasteiger partial charge in [-0.1, -0.05) is 6.07 Å². The summed E-state index contributed by atoms with van der Waals surface area (Å²) in [4.78, 5) is 21.0. The molecule has 0 bridgehead atoms. The largest absolute Gasteiger partial charge is 0.494 e. The van der Waals surface area contributed by atoms with Gasteiger partial charge in [-0.05, 0) is 32.0 Å². The molecule has 0 spiro atoms. The van der Waals surface area contributed by atoms with Gasteiger partial charge < -0.3 is 9.47 Å². The van der Waals surface area contributed by atoms with Crippen LogP contribution in [0.1, 0.15) is 24.2 Å². The molecule has 0 aliphatic heterocycles. The zero-order valence-corrected chi connectivity index (χ0v) is 10.7. The molecule has 0 saturated heterocycles. The highest BCUT2D eigenvalue weighted by molar-refractivity contribution is 5.89. The van der Waals surface area contributed by atoms with Crippen molar-refractivity contribution in [1.82, 2.24) is 0 Å². The summed E-state index contributed by atoms with van der Waals surface area (Å²) in [6, 6.07) is 6.74. The van der Waals surface area contributed by atoms with E-state index in [9.17, 15) is 4.79 Å². The first-order chi connectivity index (χ1) is 8.77. The molecule has 5 heteroatoms. The maximum absolute atomic E-state index is 11.6. The van der Waals surface area contributed by atoms with Crippen LogP contribution in [0.25, 0.3) is 0 Å². The second-order valence-electron chi connectivity index (χ2n) is 3.35. The Morgan fingerprint density at radius 2 is 2.00 bits per heavy atom. The van der Waals surface area contributed by atoms with Crippen LogP contribution in [0.15, 0.2) is 24.3 Å². The fourth-order valence-corrected chi connectivity index (χ4v) is 1.26. The molecule has 0 radical (unpaired) electrons. The first-order valence-corrected chi connectivity index (χ1v) is 5.92. The molecule has 100 valence electrons. The number of carbonyl (C=O) groups is 1. The van der Waals surface area contributed by atoms with Crippen molar-refractivity contribution >= 4 is 5.97 Å². The Labute approximate surface area is 107 Å². The minimum atomic E-state index is -0.548. The van der Waals surface area contributed by atoms with Crippen molar-refractivity contribution in [2.24, 2.45) is 0 Å². The molecular formula is C13H18O5. The first kappa shape index (κ1) is 14.5. The van der Waals surface area contributed by atoms with E-state index in [-0.39, 0.29) is 6.61 Å². The lowest BCUT2D eigenvalue weighted by Gasteiger charge is -2.06. The van der Waals surface area contributed by atoms with Crippen LogP contribution in [0.3, 0.4) is 0 Å². The zero-order valence-electron chi connectivity index (χ0n) is 10.7. The smallest absolute Gasteiger partial charge is 0.373 e. The van der Waals surface area contributed by atoms with Gasteiger partial charge in [0.2, 0.25) is 0 Å². The summed E-state index contributed by atoms with van der Waals surface area (Å²) < 4.78 is 10.3. The van der Waals surface area contributed by atoms with E-state index < -0.39 is 5.97 Å². The van der Waals surface area contributed by atoms with Gasteiger partial charge >= 0.3 is 5.97 Å². The van der Waals surface area contributed by atoms with Gasteiger partial charge in [-0.25, -0.2) is 4.79 Å². The van der Waals surface area contributed by atoms with E-state index in [1.165, 1.54) is 0 Å². The van der Waals surface area contributed by atoms with Crippen molar-refractivity contribution in [3.63, 3.8) is 0 Å². The quantitative estimate of drug-likeness (QED) is 0.404. The molecule has 0 aliphatic rings. The highest BCUT2D eigenvalue weighted by Gasteiger charge is 2.09. The van der Waals surface area contributed by atoms with Gasteiger partial charge in [0, 0.05) is 6.61 Å². The van der Waals surface area contributed by atoms with Crippen LogP contribution in [-0.2, 0) is 14.5 Å². The third kappa shape index (κ3) is 5.16. The third-order valence-electron chi connectivity index (χ3n) is 2.03. The van der Waals surface area contributed by atoms with E-state index in [0.717, 1.165) is 0 Å². The van der Waals surface area contributed by atoms with Crippen LogP contribution in [0, 0.1) is 0 Å². The molecule has 0 atom stereocenters. The first-order valence-electron chi connectivity index (χ1n) is 5.92. The van der Waals surface area contributed by atoms with Gasteiger partial charge in [0.05, 0.1) is 18.8 Å². The predicted octanol–water partition coefficient (Wildman–Crippen LogP) is 2.21. The normalized spacial score (nSPS) is 10.1. The van der Waals surface area contributed by atoms with Gasteiger partial charge in [-0.3, -0.25) is 4.89 Å². The number of carbonyl (C=O) groups excluding carboxylic acids is 1. The molecule has 0 heterocycles. The lowest BCUT2D eigenvalue weighted by molar-refractivity contribution is -0.247. The molecule has 0 amide bonds. The van der Waals surface area contributed by atoms with E-state index in [2.05, 4.69) is 4.89 Å². The molecule has 1 aromatic rings. The second kappa shape index (κ2) is 8.49. The lowest BCUT2D eigenvalue weighted by atomic mass is 10.2. The number of ether oxygens (including phenoxy) is 2. The Bertz CT molecular complexity index is 364. The highest BCUT2D eigenvalue weighted by Crippen LogP contribution is 2.14. The predicted molar refractivity (Wildman–Crippen MR) is 65.5 cm³/mol. The van der Waals surface area contributed by atoms with Crippen LogP contribution < -0.4 is 4.74 Å². The van der Waals surface area contributed by atoms with Crippen molar-refractivity contribution in [1.29, 1.82) is 0 Å². The molecule has 0 N–H and O–H groups in total. The van der Waals surface area contributed by atoms with Gasteiger partial charge in [-0.2, -0.15) is 4.89 Å². The van der Waals surface area contributed by atoms with Crippen molar-refractivity contribution in [3.8, 4) is 5.75 Å². The second-order valence-corrected chi connectivity index (χ2v) is 3.35. The fourth-order valence-electron chi connectivity index (χ4n) is 1.26. The summed E-state index contributed by atoms with van der Waals surface area (Å²) in [5.74, 6) is 0.0781. The number of hydrogen-bond donors (Lipinski definition) is 0. The van der Waals surface area contributed by atoms with Gasteiger partial charge in [0.25, 0.3) is 0 Å². The van der Waals surface area contributed by atoms with Crippen LogP contribution in [-0.4, -0.2) is 32.4 Å². The van der Waals surface area contributed by atoms with Crippen molar-refractivity contribution in [3.05, 3.63) is 29.8 Å². The molecule has 0 fully saturated rings. The average Bonchev–Trinajstić information content (AvgIpc) is 2.39. The van der Waals surface area contributed by atoms with Crippen molar-refractivity contribution in [2.75, 3.05) is 26.4 Å². The van der Waals surface area contributed by atoms with Gasteiger partial charge in [0.1, 0.15) is 12.4 Å². The minimum Gasteiger partial charge on any atom is -0.494 e. The third-order valence-corrected chi connectivity index (χ3v) is 2.03. The molecule has 1 rings (SSSR count).